The topological polar surface area (TPSA) is 34.4 Å². The Morgan fingerprint density at radius 3 is 2.75 bits per heavy atom. The van der Waals surface area contributed by atoms with Gasteiger partial charge in [0.25, 0.3) is 0 Å². The maximum Gasteiger partial charge on any atom is 0.146 e. The molecule has 1 heterocycles. The van der Waals surface area contributed by atoms with E-state index in [1.807, 2.05) is 13.0 Å². The van der Waals surface area contributed by atoms with E-state index in [0.29, 0.717) is 22.4 Å². The first-order valence-electron chi connectivity index (χ1n) is 6.47. The Labute approximate surface area is 128 Å². The minimum atomic E-state index is 0.342. The zero-order valence-electron chi connectivity index (χ0n) is 11.5. The van der Waals surface area contributed by atoms with Gasteiger partial charge in [0.1, 0.15) is 23.9 Å². The maximum absolute atomic E-state index is 6.05. The zero-order valence-corrected chi connectivity index (χ0v) is 13.0. The van der Waals surface area contributed by atoms with Crippen LogP contribution in [-0.4, -0.2) is 6.54 Å². The highest BCUT2D eigenvalue weighted by atomic mass is 35.5. The number of furan rings is 1. The molecular formula is C15H17Cl2NO2. The molecular weight excluding hydrogens is 297 g/mol. The molecule has 0 spiro atoms. The van der Waals surface area contributed by atoms with Crippen LogP contribution in [0.3, 0.4) is 0 Å². The quantitative estimate of drug-likeness (QED) is 0.847. The lowest BCUT2D eigenvalue weighted by molar-refractivity contribution is 0.267. The van der Waals surface area contributed by atoms with Gasteiger partial charge in [0, 0.05) is 17.1 Å². The first kappa shape index (κ1) is 15.2. The maximum atomic E-state index is 6.05. The molecule has 0 aliphatic rings. The molecule has 0 radical (unpaired) electrons. The second-order valence-electron chi connectivity index (χ2n) is 4.44. The Morgan fingerprint density at radius 1 is 1.25 bits per heavy atom. The van der Waals surface area contributed by atoms with Crippen molar-refractivity contribution in [3.8, 4) is 5.75 Å². The fraction of sp³-hybridized carbons (Fsp3) is 0.333. The van der Waals surface area contributed by atoms with Gasteiger partial charge in [0.05, 0.1) is 5.02 Å². The van der Waals surface area contributed by atoms with Crippen LogP contribution in [0, 0.1) is 6.92 Å². The molecule has 0 fully saturated rings. The van der Waals surface area contributed by atoms with Crippen molar-refractivity contribution in [3.05, 3.63) is 51.4 Å². The van der Waals surface area contributed by atoms with Gasteiger partial charge >= 0.3 is 0 Å². The Morgan fingerprint density at radius 2 is 2.05 bits per heavy atom. The standard InChI is InChI=1S/C15H17Cl2NO2/c1-3-18-8-11-6-13(20-10(11)2)9-19-15-5-4-12(16)7-14(15)17/h4-7,18H,3,8-9H2,1-2H3. The van der Waals surface area contributed by atoms with Gasteiger partial charge in [0.2, 0.25) is 0 Å². The smallest absolute Gasteiger partial charge is 0.146 e. The predicted molar refractivity (Wildman–Crippen MR) is 81.6 cm³/mol. The number of ether oxygens (including phenoxy) is 1. The highest BCUT2D eigenvalue weighted by Crippen LogP contribution is 2.28. The lowest BCUT2D eigenvalue weighted by Gasteiger charge is -2.06. The summed E-state index contributed by atoms with van der Waals surface area (Å²) in [5.74, 6) is 2.28. The second kappa shape index (κ2) is 7.02. The number of benzene rings is 1. The molecule has 0 amide bonds. The molecule has 5 heteroatoms. The van der Waals surface area contributed by atoms with Gasteiger partial charge in [-0.15, -0.1) is 0 Å². The van der Waals surface area contributed by atoms with E-state index in [4.69, 9.17) is 32.4 Å². The summed E-state index contributed by atoms with van der Waals surface area (Å²) in [6.07, 6.45) is 0. The number of halogens is 2. The van der Waals surface area contributed by atoms with E-state index < -0.39 is 0 Å². The van der Waals surface area contributed by atoms with Crippen LogP contribution in [0.15, 0.2) is 28.7 Å². The molecule has 0 saturated carbocycles. The molecule has 20 heavy (non-hydrogen) atoms. The number of aryl methyl sites for hydroxylation is 1. The van der Waals surface area contributed by atoms with Gasteiger partial charge < -0.3 is 14.5 Å². The number of rotatable bonds is 6. The number of hydrogen-bond acceptors (Lipinski definition) is 3. The van der Waals surface area contributed by atoms with Crippen LogP contribution in [-0.2, 0) is 13.2 Å². The minimum absolute atomic E-state index is 0.342. The number of hydrogen-bond donors (Lipinski definition) is 1. The van der Waals surface area contributed by atoms with E-state index >= 15 is 0 Å². The molecule has 0 aliphatic carbocycles. The summed E-state index contributed by atoms with van der Waals surface area (Å²) in [5, 5.41) is 4.35. The van der Waals surface area contributed by atoms with Crippen LogP contribution >= 0.6 is 23.2 Å². The van der Waals surface area contributed by atoms with Crippen molar-refractivity contribution < 1.29 is 9.15 Å². The fourth-order valence-corrected chi connectivity index (χ4v) is 2.30. The van der Waals surface area contributed by atoms with Crippen molar-refractivity contribution >= 4 is 23.2 Å². The molecule has 3 nitrogen and oxygen atoms in total. The van der Waals surface area contributed by atoms with Crippen LogP contribution in [0.1, 0.15) is 24.0 Å². The van der Waals surface area contributed by atoms with E-state index in [9.17, 15) is 0 Å². The van der Waals surface area contributed by atoms with E-state index in [1.165, 1.54) is 0 Å². The third-order valence-electron chi connectivity index (χ3n) is 2.90. The van der Waals surface area contributed by atoms with Gasteiger partial charge in [-0.3, -0.25) is 0 Å². The summed E-state index contributed by atoms with van der Waals surface area (Å²) in [4.78, 5) is 0. The van der Waals surface area contributed by atoms with Crippen LogP contribution in [0.25, 0.3) is 0 Å². The molecule has 0 saturated heterocycles. The van der Waals surface area contributed by atoms with Gasteiger partial charge in [-0.05, 0) is 37.7 Å². The van der Waals surface area contributed by atoms with Crippen LogP contribution in [0.2, 0.25) is 10.0 Å². The van der Waals surface area contributed by atoms with Crippen molar-refractivity contribution in [2.45, 2.75) is 27.0 Å². The van der Waals surface area contributed by atoms with Gasteiger partial charge in [-0.25, -0.2) is 0 Å². The van der Waals surface area contributed by atoms with Crippen molar-refractivity contribution in [1.82, 2.24) is 5.32 Å². The molecule has 0 unspecified atom stereocenters. The molecule has 1 aromatic carbocycles. The second-order valence-corrected chi connectivity index (χ2v) is 5.28. The van der Waals surface area contributed by atoms with Crippen molar-refractivity contribution in [3.63, 3.8) is 0 Å². The van der Waals surface area contributed by atoms with Gasteiger partial charge in [-0.2, -0.15) is 0 Å². The molecule has 2 aromatic rings. The minimum Gasteiger partial charge on any atom is -0.484 e. The Balaban J connectivity index is 2.00. The summed E-state index contributed by atoms with van der Waals surface area (Å²) >= 11 is 11.9. The SMILES string of the molecule is CCNCc1cc(COc2ccc(Cl)cc2Cl)oc1C. The van der Waals surface area contributed by atoms with E-state index in [1.54, 1.807) is 18.2 Å². The largest absolute Gasteiger partial charge is 0.484 e. The summed E-state index contributed by atoms with van der Waals surface area (Å²) in [6.45, 7) is 6.09. The summed E-state index contributed by atoms with van der Waals surface area (Å²) in [5.41, 5.74) is 1.15. The first-order valence-corrected chi connectivity index (χ1v) is 7.22. The monoisotopic (exact) mass is 313 g/mol. The molecule has 108 valence electrons. The summed E-state index contributed by atoms with van der Waals surface area (Å²) in [6, 6.07) is 7.15. The van der Waals surface area contributed by atoms with Crippen molar-refractivity contribution in [2.24, 2.45) is 0 Å². The predicted octanol–water partition coefficient (Wildman–Crippen LogP) is 4.58. The Kier molecular flexibility index (Phi) is 5.35. The summed E-state index contributed by atoms with van der Waals surface area (Å²) < 4.78 is 11.3. The van der Waals surface area contributed by atoms with Crippen molar-refractivity contribution in [2.75, 3.05) is 6.54 Å². The van der Waals surface area contributed by atoms with Crippen LogP contribution in [0.5, 0.6) is 5.75 Å². The van der Waals surface area contributed by atoms with E-state index in [-0.39, 0.29) is 0 Å². The molecule has 0 atom stereocenters. The molecule has 1 aromatic heterocycles. The first-order chi connectivity index (χ1) is 9.60. The number of nitrogens with one attached hydrogen (secondary N) is 1. The molecule has 0 aliphatic heterocycles. The third kappa shape index (κ3) is 3.92. The normalized spacial score (nSPS) is 10.8. The lowest BCUT2D eigenvalue weighted by Crippen LogP contribution is -2.11. The van der Waals surface area contributed by atoms with Crippen LogP contribution in [0.4, 0.5) is 0 Å². The zero-order chi connectivity index (χ0) is 14.5. The average Bonchev–Trinajstić information content (AvgIpc) is 2.76. The highest BCUT2D eigenvalue weighted by Gasteiger charge is 2.09. The van der Waals surface area contributed by atoms with Gasteiger partial charge in [0.15, 0.2) is 0 Å². The molecule has 2 rings (SSSR count). The third-order valence-corrected chi connectivity index (χ3v) is 3.43. The molecule has 0 bridgehead atoms. The fourth-order valence-electron chi connectivity index (χ4n) is 1.84. The Hall–Kier alpha value is -1.16. The van der Waals surface area contributed by atoms with E-state index in [0.717, 1.165) is 30.2 Å². The average molecular weight is 314 g/mol. The van der Waals surface area contributed by atoms with E-state index in [2.05, 4.69) is 12.2 Å². The lowest BCUT2D eigenvalue weighted by atomic mass is 10.2. The Bertz CT molecular complexity index is 581. The highest BCUT2D eigenvalue weighted by molar-refractivity contribution is 6.35. The summed E-state index contributed by atoms with van der Waals surface area (Å²) in [7, 11) is 0. The molecule has 1 N–H and O–H groups in total. The van der Waals surface area contributed by atoms with Gasteiger partial charge in [-0.1, -0.05) is 30.1 Å². The van der Waals surface area contributed by atoms with Crippen LogP contribution < -0.4 is 10.1 Å². The van der Waals surface area contributed by atoms with Crippen molar-refractivity contribution in [1.29, 1.82) is 0 Å².